The first-order valence-corrected chi connectivity index (χ1v) is 8.76. The minimum absolute atomic E-state index is 0.0723. The van der Waals surface area contributed by atoms with Gasteiger partial charge in [-0.25, -0.2) is 8.42 Å². The van der Waals surface area contributed by atoms with Crippen LogP contribution in [0.15, 0.2) is 24.3 Å². The van der Waals surface area contributed by atoms with Crippen LogP contribution in [0.3, 0.4) is 0 Å². The zero-order chi connectivity index (χ0) is 13.9. The van der Waals surface area contributed by atoms with Crippen LogP contribution in [-0.2, 0) is 22.7 Å². The molecule has 0 radical (unpaired) electrons. The molecule has 0 aliphatic heterocycles. The summed E-state index contributed by atoms with van der Waals surface area (Å²) < 4.78 is 22.5. The predicted octanol–water partition coefficient (Wildman–Crippen LogP) is 1.06. The van der Waals surface area contributed by atoms with E-state index < -0.39 is 9.84 Å². The average Bonchev–Trinajstić information content (AvgIpc) is 2.38. The summed E-state index contributed by atoms with van der Waals surface area (Å²) in [5.41, 5.74) is 5.60. The third-order valence-corrected chi connectivity index (χ3v) is 4.94. The Bertz CT molecular complexity index is 528. The van der Waals surface area contributed by atoms with Crippen molar-refractivity contribution in [3.8, 4) is 0 Å². The lowest BCUT2D eigenvalue weighted by molar-refractivity contribution is 0.316. The molecule has 0 saturated heterocycles. The second kappa shape index (κ2) is 6.03. The van der Waals surface area contributed by atoms with Gasteiger partial charge in [0.1, 0.15) is 9.84 Å². The topological polar surface area (TPSA) is 72.2 Å². The molecular weight excluding hydrogens is 260 g/mol. The summed E-state index contributed by atoms with van der Waals surface area (Å²) in [4.78, 5) is 0. The summed E-state index contributed by atoms with van der Waals surface area (Å²) in [6, 6.07) is 8.53. The molecule has 3 N–H and O–H groups in total. The van der Waals surface area contributed by atoms with Gasteiger partial charge in [0, 0.05) is 12.3 Å². The van der Waals surface area contributed by atoms with E-state index in [0.717, 1.165) is 19.3 Å². The number of hydrazine groups is 1. The molecule has 4 nitrogen and oxygen atoms in total. The number of nitrogens with two attached hydrogens (primary N) is 1. The summed E-state index contributed by atoms with van der Waals surface area (Å²) in [7, 11) is -2.92. The summed E-state index contributed by atoms with van der Waals surface area (Å²) in [5.74, 6) is 6.22. The molecule has 0 saturated carbocycles. The third-order valence-electron chi connectivity index (χ3n) is 3.97. The van der Waals surface area contributed by atoms with E-state index in [1.807, 2.05) is 0 Å². The molecule has 106 valence electrons. The number of nitrogens with one attached hydrogen (secondary N) is 1. The molecule has 0 heterocycles. The normalized spacial score (nSPS) is 20.8. The molecule has 0 aromatic heterocycles. The number of sulfone groups is 1. The summed E-state index contributed by atoms with van der Waals surface area (Å²) in [6.45, 7) is 0. The van der Waals surface area contributed by atoms with Crippen LogP contribution in [0.5, 0.6) is 0 Å². The van der Waals surface area contributed by atoms with Crippen LogP contribution in [0.25, 0.3) is 0 Å². The molecule has 2 atom stereocenters. The first kappa shape index (κ1) is 14.5. The Kier molecular flexibility index (Phi) is 4.60. The first-order chi connectivity index (χ1) is 8.99. The number of benzene rings is 1. The lowest BCUT2D eigenvalue weighted by atomic mass is 9.79. The molecule has 1 aromatic carbocycles. The fraction of sp³-hybridized carbons (Fsp3) is 0.571. The van der Waals surface area contributed by atoms with Crippen molar-refractivity contribution in [1.29, 1.82) is 0 Å². The van der Waals surface area contributed by atoms with Gasteiger partial charge < -0.3 is 0 Å². The van der Waals surface area contributed by atoms with Crippen LogP contribution in [0.4, 0.5) is 0 Å². The lowest BCUT2D eigenvalue weighted by Crippen LogP contribution is -2.43. The van der Waals surface area contributed by atoms with Crippen molar-refractivity contribution in [2.24, 2.45) is 11.8 Å². The van der Waals surface area contributed by atoms with Crippen molar-refractivity contribution >= 4 is 9.84 Å². The van der Waals surface area contributed by atoms with Crippen molar-refractivity contribution in [2.75, 3.05) is 12.0 Å². The van der Waals surface area contributed by atoms with Crippen molar-refractivity contribution in [3.05, 3.63) is 35.4 Å². The Balaban J connectivity index is 2.02. The van der Waals surface area contributed by atoms with Crippen molar-refractivity contribution in [1.82, 2.24) is 5.43 Å². The highest BCUT2D eigenvalue weighted by Crippen LogP contribution is 2.28. The second-order valence-electron chi connectivity index (χ2n) is 5.46. The smallest absolute Gasteiger partial charge is 0.147 e. The van der Waals surface area contributed by atoms with Crippen molar-refractivity contribution in [3.63, 3.8) is 0 Å². The summed E-state index contributed by atoms with van der Waals surface area (Å²) in [6.07, 6.45) is 4.96. The van der Waals surface area contributed by atoms with E-state index >= 15 is 0 Å². The Morgan fingerprint density at radius 2 is 2.05 bits per heavy atom. The van der Waals surface area contributed by atoms with E-state index in [0.29, 0.717) is 12.3 Å². The Morgan fingerprint density at radius 1 is 1.37 bits per heavy atom. The molecule has 19 heavy (non-hydrogen) atoms. The minimum Gasteiger partial charge on any atom is -0.271 e. The summed E-state index contributed by atoms with van der Waals surface area (Å²) >= 11 is 0. The van der Waals surface area contributed by atoms with Gasteiger partial charge in [0.15, 0.2) is 0 Å². The van der Waals surface area contributed by atoms with E-state index in [-0.39, 0.29) is 11.8 Å². The minimum atomic E-state index is -2.92. The largest absolute Gasteiger partial charge is 0.271 e. The van der Waals surface area contributed by atoms with Crippen LogP contribution in [0.2, 0.25) is 0 Å². The number of hydrogen-bond acceptors (Lipinski definition) is 4. The molecule has 2 rings (SSSR count). The molecule has 2 unspecified atom stereocenters. The number of aryl methyl sites for hydroxylation is 1. The van der Waals surface area contributed by atoms with E-state index in [1.54, 1.807) is 0 Å². The summed E-state index contributed by atoms with van der Waals surface area (Å²) in [5, 5.41) is 0. The molecule has 1 aliphatic carbocycles. The molecular formula is C14H22N2O2S. The number of rotatable bonds is 5. The Hall–Kier alpha value is -0.910. The molecule has 0 bridgehead atoms. The van der Waals surface area contributed by atoms with Gasteiger partial charge in [0.2, 0.25) is 0 Å². The van der Waals surface area contributed by atoms with Crippen LogP contribution < -0.4 is 11.3 Å². The van der Waals surface area contributed by atoms with Crippen LogP contribution in [0, 0.1) is 5.92 Å². The van der Waals surface area contributed by atoms with Gasteiger partial charge in [0.25, 0.3) is 0 Å². The number of fused-ring (bicyclic) bond motifs is 1. The third kappa shape index (κ3) is 4.03. The van der Waals surface area contributed by atoms with Gasteiger partial charge in [-0.15, -0.1) is 0 Å². The molecule has 0 fully saturated rings. The molecule has 1 aromatic rings. The zero-order valence-corrected chi connectivity index (χ0v) is 12.1. The monoisotopic (exact) mass is 282 g/mol. The van der Waals surface area contributed by atoms with Crippen LogP contribution in [0.1, 0.15) is 24.0 Å². The maximum Gasteiger partial charge on any atom is 0.147 e. The molecule has 5 heteroatoms. The average molecular weight is 282 g/mol. The maximum atomic E-state index is 11.3. The Morgan fingerprint density at radius 3 is 2.68 bits per heavy atom. The zero-order valence-electron chi connectivity index (χ0n) is 11.3. The fourth-order valence-corrected chi connectivity index (χ4v) is 3.55. The maximum absolute atomic E-state index is 11.3. The van der Waals surface area contributed by atoms with Crippen LogP contribution >= 0.6 is 0 Å². The lowest BCUT2D eigenvalue weighted by Gasteiger charge is -2.31. The number of hydrogen-bond donors (Lipinski definition) is 2. The molecule has 0 spiro atoms. The SMILES string of the molecule is CS(=O)(=O)CCC(NN)C1CCc2ccccc2C1. The van der Waals surface area contributed by atoms with E-state index in [2.05, 4.69) is 29.7 Å². The van der Waals surface area contributed by atoms with E-state index in [1.165, 1.54) is 17.4 Å². The van der Waals surface area contributed by atoms with Crippen molar-refractivity contribution < 1.29 is 8.42 Å². The van der Waals surface area contributed by atoms with Gasteiger partial charge >= 0.3 is 0 Å². The van der Waals surface area contributed by atoms with Crippen molar-refractivity contribution in [2.45, 2.75) is 31.7 Å². The molecule has 1 aliphatic rings. The van der Waals surface area contributed by atoms with Crippen LogP contribution in [-0.4, -0.2) is 26.5 Å². The van der Waals surface area contributed by atoms with Gasteiger partial charge in [-0.05, 0) is 42.7 Å². The van der Waals surface area contributed by atoms with E-state index in [4.69, 9.17) is 5.84 Å². The molecule has 0 amide bonds. The van der Waals surface area contributed by atoms with E-state index in [9.17, 15) is 8.42 Å². The van der Waals surface area contributed by atoms with Gasteiger partial charge in [-0.1, -0.05) is 24.3 Å². The van der Waals surface area contributed by atoms with Gasteiger partial charge in [-0.3, -0.25) is 11.3 Å². The Labute approximate surface area is 115 Å². The highest BCUT2D eigenvalue weighted by atomic mass is 32.2. The predicted molar refractivity (Wildman–Crippen MR) is 77.4 cm³/mol. The van der Waals surface area contributed by atoms with Gasteiger partial charge in [-0.2, -0.15) is 0 Å². The fourth-order valence-electron chi connectivity index (χ4n) is 2.87. The van der Waals surface area contributed by atoms with Gasteiger partial charge in [0.05, 0.1) is 5.75 Å². The first-order valence-electron chi connectivity index (χ1n) is 6.70. The highest BCUT2D eigenvalue weighted by molar-refractivity contribution is 7.90. The quantitative estimate of drug-likeness (QED) is 0.625. The standard InChI is InChI=1S/C14H22N2O2S/c1-19(17,18)9-8-14(16-15)13-7-6-11-4-2-3-5-12(11)10-13/h2-5,13-14,16H,6-10,15H2,1H3. The second-order valence-corrected chi connectivity index (χ2v) is 7.72. The highest BCUT2D eigenvalue weighted by Gasteiger charge is 2.26.